The molecule has 3 N–H and O–H groups in total. The van der Waals surface area contributed by atoms with Gasteiger partial charge in [-0.1, -0.05) is 6.07 Å². The number of benzene rings is 1. The maximum atomic E-state index is 7.70. The van der Waals surface area contributed by atoms with Gasteiger partial charge in [-0.05, 0) is 32.2 Å². The summed E-state index contributed by atoms with van der Waals surface area (Å²) in [4.78, 5) is 3.29. The average molecular weight is 237 g/mol. The Hall–Kier alpha value is -1.16. The Morgan fingerprint density at radius 1 is 1.38 bits per heavy atom. The first-order valence-electron chi connectivity index (χ1n) is 5.42. The molecule has 4 heteroatoms. The molecule has 1 aromatic rings. The summed E-state index contributed by atoms with van der Waals surface area (Å²) >= 11 is 1.63. The first-order valence-corrected chi connectivity index (χ1v) is 6.64. The molecule has 0 amide bonds. The van der Waals surface area contributed by atoms with Crippen LogP contribution in [0.4, 0.5) is 5.69 Å². The van der Waals surface area contributed by atoms with E-state index in [1.165, 1.54) is 0 Å². The molecule has 0 atom stereocenters. The first-order chi connectivity index (χ1) is 7.65. The van der Waals surface area contributed by atoms with Gasteiger partial charge in [0.15, 0.2) is 0 Å². The Morgan fingerprint density at radius 2 is 2.00 bits per heavy atom. The monoisotopic (exact) mass is 237 g/mol. The largest absolute Gasteiger partial charge is 0.384 e. The molecule has 0 unspecified atom stereocenters. The molecule has 0 fully saturated rings. The molecule has 0 saturated carbocycles. The van der Waals surface area contributed by atoms with Crippen molar-refractivity contribution in [2.75, 3.05) is 24.2 Å². The van der Waals surface area contributed by atoms with Crippen molar-refractivity contribution in [3.63, 3.8) is 0 Å². The minimum absolute atomic E-state index is 0.145. The van der Waals surface area contributed by atoms with E-state index in [1.807, 2.05) is 24.5 Å². The second-order valence-corrected chi connectivity index (χ2v) is 4.29. The fourth-order valence-electron chi connectivity index (χ4n) is 1.79. The van der Waals surface area contributed by atoms with Crippen LogP contribution in [0.1, 0.15) is 19.4 Å². The van der Waals surface area contributed by atoms with E-state index in [9.17, 15) is 0 Å². The third-order valence-electron chi connectivity index (χ3n) is 2.60. The van der Waals surface area contributed by atoms with Crippen molar-refractivity contribution in [1.29, 1.82) is 5.41 Å². The van der Waals surface area contributed by atoms with Crippen LogP contribution in [0.25, 0.3) is 0 Å². The predicted molar refractivity (Wildman–Crippen MR) is 72.8 cm³/mol. The summed E-state index contributed by atoms with van der Waals surface area (Å²) in [6.07, 6.45) is 2.01. The lowest BCUT2D eigenvalue weighted by Gasteiger charge is -2.24. The molecule has 88 valence electrons. The number of hydrogen-bond acceptors (Lipinski definition) is 3. The van der Waals surface area contributed by atoms with Gasteiger partial charge < -0.3 is 10.6 Å². The lowest BCUT2D eigenvalue weighted by Crippen LogP contribution is -2.26. The number of nitrogens with one attached hydrogen (secondary N) is 1. The standard InChI is InChI=1S/C12H19N3S/c1-4-15(5-2)9-7-6-8-10(16-3)11(9)12(13)14/h6-8H,4-5H2,1-3H3,(H3,13,14). The maximum Gasteiger partial charge on any atom is 0.126 e. The SMILES string of the molecule is CCN(CC)c1cccc(SC)c1C(=N)N. The topological polar surface area (TPSA) is 53.1 Å². The van der Waals surface area contributed by atoms with Crippen molar-refractivity contribution >= 4 is 23.3 Å². The number of amidine groups is 1. The Balaban J connectivity index is 3.31. The number of nitrogens with two attached hydrogens (primary N) is 1. The van der Waals surface area contributed by atoms with E-state index < -0.39 is 0 Å². The lowest BCUT2D eigenvalue weighted by atomic mass is 10.1. The normalized spacial score (nSPS) is 10.2. The smallest absolute Gasteiger partial charge is 0.126 e. The van der Waals surface area contributed by atoms with Crippen LogP contribution < -0.4 is 10.6 Å². The van der Waals surface area contributed by atoms with E-state index in [-0.39, 0.29) is 5.84 Å². The molecule has 0 radical (unpaired) electrons. The molecule has 3 nitrogen and oxygen atoms in total. The van der Waals surface area contributed by atoms with Crippen LogP contribution in [0.5, 0.6) is 0 Å². The van der Waals surface area contributed by atoms with Crippen molar-refractivity contribution < 1.29 is 0 Å². The molecule has 0 spiro atoms. The Kier molecular flexibility index (Phi) is 4.68. The van der Waals surface area contributed by atoms with E-state index in [2.05, 4.69) is 18.7 Å². The molecule has 0 aliphatic rings. The summed E-state index contributed by atoms with van der Waals surface area (Å²) in [5.74, 6) is 0.145. The molecule has 0 aromatic heterocycles. The second-order valence-electron chi connectivity index (χ2n) is 3.44. The predicted octanol–water partition coefficient (Wildman–Crippen LogP) is 2.54. The number of nitrogens with zero attached hydrogens (tertiary/aromatic N) is 1. The number of nitrogen functional groups attached to an aromatic ring is 1. The summed E-state index contributed by atoms with van der Waals surface area (Å²) in [6, 6.07) is 6.06. The molecule has 16 heavy (non-hydrogen) atoms. The molecule has 0 bridgehead atoms. The van der Waals surface area contributed by atoms with E-state index in [1.54, 1.807) is 11.8 Å². The van der Waals surface area contributed by atoms with Crippen molar-refractivity contribution in [3.8, 4) is 0 Å². The van der Waals surface area contributed by atoms with Gasteiger partial charge >= 0.3 is 0 Å². The van der Waals surface area contributed by atoms with Crippen molar-refractivity contribution in [2.24, 2.45) is 5.73 Å². The van der Waals surface area contributed by atoms with Crippen LogP contribution in [-0.2, 0) is 0 Å². The van der Waals surface area contributed by atoms with E-state index >= 15 is 0 Å². The van der Waals surface area contributed by atoms with Gasteiger partial charge in [-0.25, -0.2) is 0 Å². The first kappa shape index (κ1) is 12.9. The summed E-state index contributed by atoms with van der Waals surface area (Å²) in [6.45, 7) is 6.07. The molecule has 0 saturated heterocycles. The van der Waals surface area contributed by atoms with Crippen LogP contribution in [0.15, 0.2) is 23.1 Å². The van der Waals surface area contributed by atoms with Crippen LogP contribution in [0.2, 0.25) is 0 Å². The summed E-state index contributed by atoms with van der Waals surface area (Å²) in [5, 5.41) is 7.70. The van der Waals surface area contributed by atoms with Gasteiger partial charge in [-0.15, -0.1) is 11.8 Å². The molecule has 0 heterocycles. The molecule has 1 aromatic carbocycles. The fourth-order valence-corrected chi connectivity index (χ4v) is 2.42. The highest BCUT2D eigenvalue weighted by atomic mass is 32.2. The maximum absolute atomic E-state index is 7.70. The molecule has 1 rings (SSSR count). The number of hydrogen-bond donors (Lipinski definition) is 2. The zero-order chi connectivity index (χ0) is 12.1. The zero-order valence-corrected chi connectivity index (χ0v) is 10.9. The third-order valence-corrected chi connectivity index (χ3v) is 3.38. The minimum Gasteiger partial charge on any atom is -0.384 e. The summed E-state index contributed by atoms with van der Waals surface area (Å²) in [7, 11) is 0. The molecule has 0 aliphatic heterocycles. The van der Waals surface area contributed by atoms with E-state index in [0.717, 1.165) is 29.2 Å². The second kappa shape index (κ2) is 5.80. The van der Waals surface area contributed by atoms with E-state index in [0.29, 0.717) is 0 Å². The Morgan fingerprint density at radius 3 is 2.44 bits per heavy atom. The average Bonchev–Trinajstić information content (AvgIpc) is 2.30. The van der Waals surface area contributed by atoms with Gasteiger partial charge in [0.25, 0.3) is 0 Å². The Bertz CT molecular complexity index is 373. The van der Waals surface area contributed by atoms with Crippen molar-refractivity contribution in [2.45, 2.75) is 18.7 Å². The number of thioether (sulfide) groups is 1. The third kappa shape index (κ3) is 2.50. The summed E-state index contributed by atoms with van der Waals surface area (Å²) in [5.41, 5.74) is 7.60. The Labute approximate surface area is 102 Å². The van der Waals surface area contributed by atoms with Gasteiger partial charge in [0, 0.05) is 23.7 Å². The van der Waals surface area contributed by atoms with Gasteiger partial charge in [0.1, 0.15) is 5.84 Å². The van der Waals surface area contributed by atoms with E-state index in [4.69, 9.17) is 11.1 Å². The van der Waals surface area contributed by atoms with Crippen LogP contribution >= 0.6 is 11.8 Å². The molecule has 0 aliphatic carbocycles. The fraction of sp³-hybridized carbons (Fsp3) is 0.417. The zero-order valence-electron chi connectivity index (χ0n) is 10.1. The summed E-state index contributed by atoms with van der Waals surface area (Å²) < 4.78 is 0. The van der Waals surface area contributed by atoms with Crippen molar-refractivity contribution in [1.82, 2.24) is 0 Å². The minimum atomic E-state index is 0.145. The van der Waals surface area contributed by atoms with Crippen LogP contribution in [0, 0.1) is 5.41 Å². The van der Waals surface area contributed by atoms with Gasteiger partial charge in [0.05, 0.1) is 5.56 Å². The molecular formula is C12H19N3S. The van der Waals surface area contributed by atoms with Gasteiger partial charge in [0.2, 0.25) is 0 Å². The molecular weight excluding hydrogens is 218 g/mol. The quantitative estimate of drug-likeness (QED) is 0.470. The number of anilines is 1. The van der Waals surface area contributed by atoms with Crippen LogP contribution in [0.3, 0.4) is 0 Å². The highest BCUT2D eigenvalue weighted by Crippen LogP contribution is 2.29. The van der Waals surface area contributed by atoms with Gasteiger partial charge in [-0.3, -0.25) is 5.41 Å². The highest BCUT2D eigenvalue weighted by molar-refractivity contribution is 7.98. The van der Waals surface area contributed by atoms with Gasteiger partial charge in [-0.2, -0.15) is 0 Å². The lowest BCUT2D eigenvalue weighted by molar-refractivity contribution is 0.862. The highest BCUT2D eigenvalue weighted by Gasteiger charge is 2.14. The number of rotatable bonds is 5. The van der Waals surface area contributed by atoms with Crippen molar-refractivity contribution in [3.05, 3.63) is 23.8 Å². The van der Waals surface area contributed by atoms with Crippen LogP contribution in [-0.4, -0.2) is 25.2 Å².